The molecule has 0 radical (unpaired) electrons. The predicted molar refractivity (Wildman–Crippen MR) is 102 cm³/mol. The number of ether oxygens (including phenoxy) is 1. The monoisotopic (exact) mass is 448 g/mol. The number of hydrogen-bond donors (Lipinski definition) is 2. The Bertz CT molecular complexity index is 992. The molecule has 1 heterocycles. The van der Waals surface area contributed by atoms with Gasteiger partial charge in [-0.3, -0.25) is 0 Å². The fourth-order valence-corrected chi connectivity index (χ4v) is 4.71. The Labute approximate surface area is 165 Å². The average molecular weight is 449 g/mol. The normalized spacial score (nSPS) is 11.7. The minimum atomic E-state index is -1.09. The summed E-state index contributed by atoms with van der Waals surface area (Å²) in [5.41, 5.74) is 0.547. The van der Waals surface area contributed by atoms with Gasteiger partial charge < -0.3 is 0 Å². The summed E-state index contributed by atoms with van der Waals surface area (Å²) in [7, 11) is 1.51. The quantitative estimate of drug-likeness (QED) is 0.258. The number of halogens is 1. The molecule has 27 heavy (non-hydrogen) atoms. The van der Waals surface area contributed by atoms with Crippen LogP contribution < -0.4 is 14.4 Å². The molecule has 0 aliphatic heterocycles. The first-order chi connectivity index (χ1) is 13.1. The fraction of sp³-hybridized carbons (Fsp3) is 0.0588. The molecule has 2 aromatic carbocycles. The van der Waals surface area contributed by atoms with Gasteiger partial charge in [0.1, 0.15) is 0 Å². The van der Waals surface area contributed by atoms with Crippen molar-refractivity contribution in [2.75, 3.05) is 12.4 Å². The number of carbonyl (C=O) groups excluding carboxylic acids is 1. The molecule has 1 amide bonds. The van der Waals surface area contributed by atoms with Gasteiger partial charge in [-0.05, 0) is 0 Å². The number of benzene rings is 2. The van der Waals surface area contributed by atoms with Crippen molar-refractivity contribution in [3.05, 3.63) is 64.8 Å². The molecule has 0 aliphatic carbocycles. The topological polar surface area (TPSA) is 110 Å². The molecular weight excluding hydrogens is 435 g/mol. The van der Waals surface area contributed by atoms with E-state index in [1.165, 1.54) is 7.11 Å². The number of nitrogens with zero attached hydrogens (tertiary/aromatic N) is 3. The number of aromatic nitrogens is 2. The van der Waals surface area contributed by atoms with Crippen LogP contribution in [0.2, 0.25) is 5.02 Å². The van der Waals surface area contributed by atoms with Crippen molar-refractivity contribution in [3.63, 3.8) is 0 Å². The molecule has 0 spiro atoms. The molecule has 3 rings (SSSR count). The van der Waals surface area contributed by atoms with E-state index in [0.717, 1.165) is 4.35 Å². The summed E-state index contributed by atoms with van der Waals surface area (Å²) in [5.74, 6) is 0.193. The number of amides is 1. The molecule has 2 N–H and O–H groups in total. The van der Waals surface area contributed by atoms with E-state index in [4.69, 9.17) is 21.0 Å². The third-order valence-corrected chi connectivity index (χ3v) is 6.16. The number of anilines is 1. The number of methoxy groups -OCH3 is 1. The second kappa shape index (κ2) is 8.70. The van der Waals surface area contributed by atoms with E-state index in [9.17, 15) is 10.0 Å². The van der Waals surface area contributed by atoms with Crippen LogP contribution in [-0.4, -0.2) is 48.8 Å². The number of carbonyl (C=O) groups is 1. The zero-order valence-corrected chi connectivity index (χ0v) is 16.9. The zero-order valence-electron chi connectivity index (χ0n) is 14.0. The van der Waals surface area contributed by atoms with Gasteiger partial charge in [0.2, 0.25) is 0 Å². The van der Waals surface area contributed by atoms with Gasteiger partial charge >= 0.3 is 166 Å². The average Bonchev–Trinajstić information content (AvgIpc) is 3.14. The van der Waals surface area contributed by atoms with Crippen molar-refractivity contribution in [2.45, 2.75) is 0 Å². The molecule has 0 saturated carbocycles. The van der Waals surface area contributed by atoms with E-state index in [1.54, 1.807) is 36.4 Å². The van der Waals surface area contributed by atoms with Crippen LogP contribution >= 0.6 is 11.6 Å². The van der Waals surface area contributed by atoms with Gasteiger partial charge in [0.05, 0.1) is 0 Å². The van der Waals surface area contributed by atoms with E-state index in [-0.39, 0.29) is 11.5 Å². The number of nitrogens with one attached hydrogen (secondary N) is 1. The van der Waals surface area contributed by atoms with E-state index in [2.05, 4.69) is 20.8 Å². The van der Waals surface area contributed by atoms with Gasteiger partial charge in [0.15, 0.2) is 0 Å². The van der Waals surface area contributed by atoms with Gasteiger partial charge in [-0.25, -0.2) is 0 Å². The first-order valence-electron chi connectivity index (χ1n) is 7.63. The van der Waals surface area contributed by atoms with Gasteiger partial charge in [0, 0.05) is 0 Å². The van der Waals surface area contributed by atoms with Crippen molar-refractivity contribution in [1.29, 1.82) is 0 Å². The SMILES string of the molecule is COc1cccc(C(=O)Nc2nonc2/C(=N\O)[AsH]c2cccc(Cl)c2)c1. The Balaban J connectivity index is 1.81. The summed E-state index contributed by atoms with van der Waals surface area (Å²) >= 11 is 4.90. The molecule has 1 aromatic heterocycles. The summed E-state index contributed by atoms with van der Waals surface area (Å²) in [4.78, 5) is 12.5. The molecule has 0 fully saturated rings. The summed E-state index contributed by atoms with van der Waals surface area (Å²) < 4.78 is 11.1. The number of oxime groups is 1. The van der Waals surface area contributed by atoms with Crippen LogP contribution in [0.5, 0.6) is 5.75 Å². The Morgan fingerprint density at radius 1 is 1.26 bits per heavy atom. The van der Waals surface area contributed by atoms with Crippen LogP contribution in [0.4, 0.5) is 5.82 Å². The van der Waals surface area contributed by atoms with E-state index in [0.29, 0.717) is 20.8 Å². The Morgan fingerprint density at radius 3 is 2.81 bits per heavy atom. The molecule has 0 saturated heterocycles. The molecule has 1 atom stereocenters. The van der Waals surface area contributed by atoms with Gasteiger partial charge in [-0.15, -0.1) is 0 Å². The summed E-state index contributed by atoms with van der Waals surface area (Å²) in [5, 5.41) is 23.4. The third kappa shape index (κ3) is 4.67. The Hall–Kier alpha value is -2.83. The molecular formula is C17H14AsClN4O4. The Kier molecular flexibility index (Phi) is 6.11. The van der Waals surface area contributed by atoms with Crippen LogP contribution in [0.15, 0.2) is 58.3 Å². The molecule has 1 unspecified atom stereocenters. The van der Waals surface area contributed by atoms with Gasteiger partial charge in [-0.1, -0.05) is 0 Å². The molecule has 8 nitrogen and oxygen atoms in total. The molecule has 10 heteroatoms. The number of rotatable bonds is 6. The molecule has 3 aromatic rings. The fourth-order valence-electron chi connectivity index (χ4n) is 2.20. The van der Waals surface area contributed by atoms with Crippen molar-refractivity contribution in [3.8, 4) is 5.75 Å². The second-order valence-electron chi connectivity index (χ2n) is 5.23. The van der Waals surface area contributed by atoms with Crippen LogP contribution in [-0.2, 0) is 0 Å². The second-order valence-corrected chi connectivity index (χ2v) is 8.40. The summed E-state index contributed by atoms with van der Waals surface area (Å²) in [6.07, 6.45) is 0. The zero-order chi connectivity index (χ0) is 19.2. The first-order valence-corrected chi connectivity index (χ1v) is 10.1. The van der Waals surface area contributed by atoms with E-state index >= 15 is 0 Å². The maximum absolute atomic E-state index is 12.5. The number of hydrogen-bond acceptors (Lipinski definition) is 7. The summed E-state index contributed by atoms with van der Waals surface area (Å²) in [6, 6.07) is 13.9. The van der Waals surface area contributed by atoms with Gasteiger partial charge in [-0.2, -0.15) is 0 Å². The summed E-state index contributed by atoms with van der Waals surface area (Å²) in [6.45, 7) is 0. The maximum atomic E-state index is 12.5. The van der Waals surface area contributed by atoms with Crippen LogP contribution in [0, 0.1) is 0 Å². The standard InChI is InChI=1S/C17H14AsClN4O4/c1-26-13-7-2-4-10(8-13)17(24)20-16-14(22-27-23-16)15(21-25)18-11-5-3-6-12(19)9-11/h2-9,18,25H,1H3,(H,20,23,24)/b21-15+. The van der Waals surface area contributed by atoms with Crippen molar-refractivity contribution in [1.82, 2.24) is 10.3 Å². The van der Waals surface area contributed by atoms with E-state index < -0.39 is 21.7 Å². The molecule has 138 valence electrons. The van der Waals surface area contributed by atoms with Gasteiger partial charge in [0.25, 0.3) is 0 Å². The van der Waals surface area contributed by atoms with Crippen molar-refractivity contribution < 1.29 is 19.4 Å². The van der Waals surface area contributed by atoms with E-state index in [1.807, 2.05) is 12.1 Å². The predicted octanol–water partition coefficient (Wildman–Crippen LogP) is 1.88. The third-order valence-electron chi connectivity index (χ3n) is 3.46. The van der Waals surface area contributed by atoms with Crippen LogP contribution in [0.25, 0.3) is 0 Å². The van der Waals surface area contributed by atoms with Crippen molar-refractivity contribution in [2.24, 2.45) is 5.16 Å². The first kappa shape index (κ1) is 18.9. The van der Waals surface area contributed by atoms with Crippen LogP contribution in [0.3, 0.4) is 0 Å². The Morgan fingerprint density at radius 2 is 2.07 bits per heavy atom. The minimum absolute atomic E-state index is 0.0707. The molecule has 0 aliphatic rings. The van der Waals surface area contributed by atoms with Crippen molar-refractivity contribution >= 4 is 47.9 Å². The molecule has 0 bridgehead atoms. The van der Waals surface area contributed by atoms with Crippen LogP contribution in [0.1, 0.15) is 16.1 Å².